The Kier molecular flexibility index (Phi) is 17.8. The van der Waals surface area contributed by atoms with Gasteiger partial charge < -0.3 is 47.4 Å². The molecular formula is C53H61NO12. The standard InChI is InChI=1S/C53H61NO12/c1-5-57-18-22-61-48-38-12-9-13-39(48)31-43-27-37-29-45(51(43)64-25-21-60-8-4)33-41-15-10-14-40(49(41)62-23-19-58-6-2)32-44-28-36(26-42(30-38)50(44)63-24-20-59-7-3)34-65-52(55)46-16-11-17-47(54-46)53(56)66-35-37/h9-17,26-29H,5-8,18-25,30-35H2,1-4H3. The second-order valence-electron chi connectivity index (χ2n) is 15.7. The van der Waals surface area contributed by atoms with Crippen molar-refractivity contribution in [3.8, 4) is 23.0 Å². The Morgan fingerprint density at radius 1 is 0.409 bits per heavy atom. The maximum atomic E-state index is 13.7. The van der Waals surface area contributed by atoms with Gasteiger partial charge in [0.05, 0.1) is 26.4 Å². The van der Waals surface area contributed by atoms with E-state index in [0.717, 1.165) is 67.1 Å². The molecule has 13 nitrogen and oxygen atoms in total. The average Bonchev–Trinajstić information content (AvgIpc) is 3.32. The number of hydrogen-bond acceptors (Lipinski definition) is 13. The number of carbonyl (C=O) groups excluding carboxylic acids is 2. The lowest BCUT2D eigenvalue weighted by atomic mass is 9.89. The molecule has 0 saturated carbocycles. The molecule has 0 N–H and O–H groups in total. The van der Waals surface area contributed by atoms with Crippen molar-refractivity contribution < 1.29 is 57.0 Å². The average molecular weight is 904 g/mol. The van der Waals surface area contributed by atoms with Crippen LogP contribution in [0.15, 0.2) is 78.9 Å². The van der Waals surface area contributed by atoms with Gasteiger partial charge in [-0.15, -0.1) is 0 Å². The van der Waals surface area contributed by atoms with Crippen LogP contribution in [0, 0.1) is 0 Å². The lowest BCUT2D eigenvalue weighted by Gasteiger charge is -2.24. The molecule has 4 aromatic carbocycles. The Labute approximate surface area is 387 Å². The monoisotopic (exact) mass is 903 g/mol. The second-order valence-corrected chi connectivity index (χ2v) is 15.7. The molecule has 0 spiro atoms. The minimum absolute atomic E-state index is 0.0148. The number of nitrogens with zero attached hydrogens (tertiary/aromatic N) is 1. The fourth-order valence-corrected chi connectivity index (χ4v) is 8.24. The van der Waals surface area contributed by atoms with Crippen molar-refractivity contribution in [2.75, 3.05) is 79.3 Å². The first-order valence-corrected chi connectivity index (χ1v) is 23.0. The molecule has 0 fully saturated rings. The smallest absolute Gasteiger partial charge is 0.357 e. The predicted molar refractivity (Wildman–Crippen MR) is 247 cm³/mol. The van der Waals surface area contributed by atoms with Crippen LogP contribution in [-0.4, -0.2) is 96.2 Å². The van der Waals surface area contributed by atoms with Crippen LogP contribution >= 0.6 is 0 Å². The summed E-state index contributed by atoms with van der Waals surface area (Å²) in [5.41, 5.74) is 8.60. The van der Waals surface area contributed by atoms with Gasteiger partial charge in [0, 0.05) is 52.1 Å². The minimum Gasteiger partial charge on any atom is -0.491 e. The molecule has 13 heteroatoms. The third-order valence-corrected chi connectivity index (χ3v) is 11.1. The van der Waals surface area contributed by atoms with Gasteiger partial charge in [-0.25, -0.2) is 14.6 Å². The Bertz CT molecular complexity index is 2160. The Morgan fingerprint density at radius 3 is 1.00 bits per heavy atom. The molecular weight excluding hydrogens is 843 g/mol. The van der Waals surface area contributed by atoms with Gasteiger partial charge in [-0.1, -0.05) is 42.5 Å². The molecule has 0 atom stereocenters. The van der Waals surface area contributed by atoms with E-state index in [4.69, 9.17) is 47.4 Å². The summed E-state index contributed by atoms with van der Waals surface area (Å²) in [7, 11) is 0. The van der Waals surface area contributed by atoms with Crippen molar-refractivity contribution in [2.45, 2.75) is 66.6 Å². The number of hydrogen-bond donors (Lipinski definition) is 0. The summed E-state index contributed by atoms with van der Waals surface area (Å²) in [4.78, 5) is 31.7. The van der Waals surface area contributed by atoms with Gasteiger partial charge in [-0.3, -0.25) is 0 Å². The Hall–Kier alpha value is -5.99. The number of carbonyl (C=O) groups is 2. The van der Waals surface area contributed by atoms with Crippen LogP contribution in [-0.2, 0) is 67.3 Å². The summed E-state index contributed by atoms with van der Waals surface area (Å²) >= 11 is 0. The highest BCUT2D eigenvalue weighted by Crippen LogP contribution is 2.40. The number of pyridine rings is 1. The number of rotatable bonds is 20. The van der Waals surface area contributed by atoms with Gasteiger partial charge in [0.1, 0.15) is 74.0 Å². The molecule has 3 heterocycles. The van der Waals surface area contributed by atoms with Crippen molar-refractivity contribution in [1.29, 1.82) is 0 Å². The van der Waals surface area contributed by atoms with Gasteiger partial charge >= 0.3 is 11.9 Å². The largest absolute Gasteiger partial charge is 0.491 e. The maximum absolute atomic E-state index is 13.7. The van der Waals surface area contributed by atoms with Gasteiger partial charge in [0.25, 0.3) is 0 Å². The minimum atomic E-state index is -0.682. The van der Waals surface area contributed by atoms with E-state index < -0.39 is 11.9 Å². The van der Waals surface area contributed by atoms with E-state index in [9.17, 15) is 9.59 Å². The number of fused-ring (bicyclic) bond motifs is 4. The van der Waals surface area contributed by atoms with Crippen molar-refractivity contribution in [1.82, 2.24) is 4.98 Å². The van der Waals surface area contributed by atoms with E-state index in [1.807, 2.05) is 64.1 Å². The van der Waals surface area contributed by atoms with Crippen LogP contribution in [0.4, 0.5) is 0 Å². The van der Waals surface area contributed by atoms with Crippen LogP contribution in [0.2, 0.25) is 0 Å². The van der Waals surface area contributed by atoms with E-state index in [1.54, 1.807) is 6.07 Å². The summed E-state index contributed by atoms with van der Waals surface area (Å²) in [5, 5.41) is 0. The first kappa shape index (κ1) is 48.0. The van der Waals surface area contributed by atoms with E-state index in [-0.39, 0.29) is 24.6 Å². The van der Waals surface area contributed by atoms with Gasteiger partial charge in [0.2, 0.25) is 0 Å². The molecule has 350 valence electrons. The molecule has 0 radical (unpaired) electrons. The molecule has 12 bridgehead atoms. The first-order valence-electron chi connectivity index (χ1n) is 23.0. The highest BCUT2D eigenvalue weighted by atomic mass is 16.5. The number of aromatic nitrogens is 1. The Balaban J connectivity index is 1.50. The molecule has 66 heavy (non-hydrogen) atoms. The highest BCUT2D eigenvalue weighted by Gasteiger charge is 2.25. The zero-order valence-corrected chi connectivity index (χ0v) is 38.6. The number of esters is 2. The van der Waals surface area contributed by atoms with Crippen LogP contribution in [0.1, 0.15) is 104 Å². The molecule has 0 unspecified atom stereocenters. The number of ether oxygens (including phenoxy) is 10. The maximum Gasteiger partial charge on any atom is 0.357 e. The fourth-order valence-electron chi connectivity index (χ4n) is 8.24. The van der Waals surface area contributed by atoms with Crippen LogP contribution in [0.25, 0.3) is 0 Å². The van der Waals surface area contributed by atoms with E-state index in [1.165, 1.54) is 12.1 Å². The van der Waals surface area contributed by atoms with Crippen LogP contribution in [0.5, 0.6) is 23.0 Å². The van der Waals surface area contributed by atoms with Crippen LogP contribution in [0.3, 0.4) is 0 Å². The molecule has 8 rings (SSSR count). The lowest BCUT2D eigenvalue weighted by molar-refractivity contribution is 0.0456. The molecule has 5 aromatic rings. The SMILES string of the molecule is CCOCCOc1c2cccc1Cc1cc3cc(c1OCCOCC)Cc1cccc(c1OCCOCC)Cc1cc(cc(c1OCCOCC)C2)COC(=O)c1cccc(n1)C(=O)OC3. The van der Waals surface area contributed by atoms with Crippen molar-refractivity contribution in [3.05, 3.63) is 146 Å². The van der Waals surface area contributed by atoms with E-state index in [0.29, 0.717) is 116 Å². The number of benzene rings is 4. The lowest BCUT2D eigenvalue weighted by Crippen LogP contribution is -2.15. The first-order chi connectivity index (χ1) is 32.4. The third kappa shape index (κ3) is 12.7. The summed E-state index contributed by atoms with van der Waals surface area (Å²) in [6.07, 6.45) is 1.65. The summed E-state index contributed by atoms with van der Waals surface area (Å²) < 4.78 is 61.8. The summed E-state index contributed by atoms with van der Waals surface area (Å²) in [6.45, 7) is 12.8. The van der Waals surface area contributed by atoms with Crippen molar-refractivity contribution in [3.63, 3.8) is 0 Å². The van der Waals surface area contributed by atoms with Crippen molar-refractivity contribution in [2.24, 2.45) is 0 Å². The van der Waals surface area contributed by atoms with Gasteiger partial charge in [0.15, 0.2) is 0 Å². The molecule has 0 saturated heterocycles. The quantitative estimate of drug-likeness (QED) is 0.0536. The molecule has 2 aliphatic heterocycles. The summed E-state index contributed by atoms with van der Waals surface area (Å²) in [5.74, 6) is 1.47. The van der Waals surface area contributed by atoms with E-state index in [2.05, 4.69) is 29.2 Å². The zero-order valence-electron chi connectivity index (χ0n) is 38.6. The topological polar surface area (TPSA) is 139 Å². The Morgan fingerprint density at radius 2 is 0.697 bits per heavy atom. The number of para-hydroxylation sites is 2. The summed E-state index contributed by atoms with van der Waals surface area (Å²) in [6, 6.07) is 25.0. The van der Waals surface area contributed by atoms with Crippen LogP contribution < -0.4 is 18.9 Å². The molecule has 1 aliphatic carbocycles. The third-order valence-electron chi connectivity index (χ3n) is 11.1. The van der Waals surface area contributed by atoms with Crippen molar-refractivity contribution >= 4 is 11.9 Å². The van der Waals surface area contributed by atoms with Gasteiger partial charge in [-0.2, -0.15) is 0 Å². The molecule has 1 aromatic heterocycles. The predicted octanol–water partition coefficient (Wildman–Crippen LogP) is 8.45. The normalized spacial score (nSPS) is 13.5. The second kappa shape index (κ2) is 24.5. The molecule has 0 amide bonds. The zero-order chi connectivity index (χ0) is 46.1. The van der Waals surface area contributed by atoms with Gasteiger partial charge in [-0.05, 0) is 120 Å². The molecule has 3 aliphatic rings. The van der Waals surface area contributed by atoms with E-state index >= 15 is 0 Å². The highest BCUT2D eigenvalue weighted by molar-refractivity contribution is 5.91. The fraction of sp³-hybridized carbons (Fsp3) is 0.415.